The van der Waals surface area contributed by atoms with E-state index in [1.807, 2.05) is 0 Å². The molecular formula is C12H15BrN2O3S. The topological polar surface area (TPSA) is 89.3 Å². The normalized spacial score (nSPS) is 19.0. The van der Waals surface area contributed by atoms with Crippen molar-refractivity contribution in [2.75, 3.05) is 17.2 Å². The molecule has 0 bridgehead atoms. The number of hydrogen-bond donors (Lipinski definition) is 2. The monoisotopic (exact) mass is 346 g/mol. The van der Waals surface area contributed by atoms with Crippen molar-refractivity contribution < 1.29 is 13.2 Å². The molecule has 1 aliphatic heterocycles. The molecule has 5 nitrogen and oxygen atoms in total. The zero-order valence-corrected chi connectivity index (χ0v) is 12.6. The largest absolute Gasteiger partial charge is 0.398 e. The molecule has 2 rings (SSSR count). The smallest absolute Gasteiger partial charge is 0.253 e. The molecule has 1 heterocycles. The number of nitrogens with one attached hydrogen (secondary N) is 1. The molecule has 0 unspecified atom stereocenters. The number of nitrogens with two attached hydrogens (primary N) is 1. The lowest BCUT2D eigenvalue weighted by atomic mass is 10.1. The zero-order valence-electron chi connectivity index (χ0n) is 10.2. The first-order chi connectivity index (χ1) is 8.87. The van der Waals surface area contributed by atoms with Crippen LogP contribution in [0, 0.1) is 0 Å². The molecule has 7 heteroatoms. The van der Waals surface area contributed by atoms with Gasteiger partial charge in [0.15, 0.2) is 0 Å². The van der Waals surface area contributed by atoms with E-state index in [1.165, 1.54) is 0 Å². The van der Waals surface area contributed by atoms with E-state index in [-0.39, 0.29) is 23.5 Å². The first-order valence-electron chi connectivity index (χ1n) is 5.94. The van der Waals surface area contributed by atoms with Crippen molar-refractivity contribution >= 4 is 37.4 Å². The molecule has 1 aliphatic rings. The number of anilines is 1. The summed E-state index contributed by atoms with van der Waals surface area (Å²) in [6.45, 7) is 0. The van der Waals surface area contributed by atoms with Crippen molar-refractivity contribution in [1.29, 1.82) is 0 Å². The highest BCUT2D eigenvalue weighted by atomic mass is 79.9. The Balaban J connectivity index is 2.02. The lowest BCUT2D eigenvalue weighted by molar-refractivity contribution is 0.0935. The Bertz CT molecular complexity index is 587. The Labute approximate surface area is 120 Å². The van der Waals surface area contributed by atoms with Gasteiger partial charge in [0.2, 0.25) is 0 Å². The number of rotatable bonds is 2. The molecule has 0 spiro atoms. The molecular weight excluding hydrogens is 332 g/mol. The van der Waals surface area contributed by atoms with Gasteiger partial charge >= 0.3 is 0 Å². The zero-order chi connectivity index (χ0) is 14.0. The maximum absolute atomic E-state index is 12.1. The van der Waals surface area contributed by atoms with E-state index in [0.717, 1.165) is 4.47 Å². The molecule has 0 aliphatic carbocycles. The highest BCUT2D eigenvalue weighted by Crippen LogP contribution is 2.19. The van der Waals surface area contributed by atoms with E-state index < -0.39 is 9.84 Å². The molecule has 1 fully saturated rings. The summed E-state index contributed by atoms with van der Waals surface area (Å²) in [5, 5.41) is 2.83. The third-order valence-electron chi connectivity index (χ3n) is 3.15. The molecule has 1 aromatic rings. The van der Waals surface area contributed by atoms with Crippen molar-refractivity contribution in [1.82, 2.24) is 5.32 Å². The number of carbonyl (C=O) groups excluding carboxylic acids is 1. The minimum atomic E-state index is -2.91. The van der Waals surface area contributed by atoms with E-state index in [1.54, 1.807) is 18.2 Å². The van der Waals surface area contributed by atoms with Crippen molar-refractivity contribution in [2.45, 2.75) is 18.9 Å². The maximum Gasteiger partial charge on any atom is 0.253 e. The molecule has 0 aromatic heterocycles. The molecule has 0 radical (unpaired) electrons. The Morgan fingerprint density at radius 1 is 1.32 bits per heavy atom. The Morgan fingerprint density at radius 3 is 2.53 bits per heavy atom. The molecule has 3 N–H and O–H groups in total. The number of benzene rings is 1. The first kappa shape index (κ1) is 14.3. The van der Waals surface area contributed by atoms with Gasteiger partial charge in [0.1, 0.15) is 9.84 Å². The summed E-state index contributed by atoms with van der Waals surface area (Å²) < 4.78 is 23.4. The van der Waals surface area contributed by atoms with E-state index in [0.29, 0.717) is 24.1 Å². The molecule has 1 amide bonds. The van der Waals surface area contributed by atoms with Gasteiger partial charge in [0.25, 0.3) is 5.91 Å². The van der Waals surface area contributed by atoms with Crippen LogP contribution in [-0.4, -0.2) is 31.9 Å². The van der Waals surface area contributed by atoms with Gasteiger partial charge in [-0.25, -0.2) is 8.42 Å². The van der Waals surface area contributed by atoms with Crippen LogP contribution in [0.2, 0.25) is 0 Å². The van der Waals surface area contributed by atoms with Crippen LogP contribution in [0.5, 0.6) is 0 Å². The summed E-state index contributed by atoms with van der Waals surface area (Å²) in [7, 11) is -2.91. The number of hydrogen-bond acceptors (Lipinski definition) is 4. The van der Waals surface area contributed by atoms with Gasteiger partial charge in [0.05, 0.1) is 17.1 Å². The lowest BCUT2D eigenvalue weighted by Crippen LogP contribution is -2.41. The third kappa shape index (κ3) is 3.70. The molecule has 19 heavy (non-hydrogen) atoms. The van der Waals surface area contributed by atoms with Gasteiger partial charge in [-0.2, -0.15) is 0 Å². The number of halogens is 1. The summed E-state index contributed by atoms with van der Waals surface area (Å²) in [6, 6.07) is 4.96. The Hall–Kier alpha value is -1.08. The van der Waals surface area contributed by atoms with Crippen LogP contribution in [0.3, 0.4) is 0 Å². The van der Waals surface area contributed by atoms with Crippen LogP contribution < -0.4 is 11.1 Å². The SMILES string of the molecule is Nc1cc(Br)ccc1C(=O)NC1CCS(=O)(=O)CC1. The fourth-order valence-corrected chi connectivity index (χ4v) is 3.91. The van der Waals surface area contributed by atoms with Crippen molar-refractivity contribution in [3.8, 4) is 0 Å². The second kappa shape index (κ2) is 5.50. The summed E-state index contributed by atoms with van der Waals surface area (Å²) in [6.07, 6.45) is 0.926. The summed E-state index contributed by atoms with van der Waals surface area (Å²) in [5.41, 5.74) is 6.60. The van der Waals surface area contributed by atoms with Crippen molar-refractivity contribution in [3.63, 3.8) is 0 Å². The van der Waals surface area contributed by atoms with E-state index >= 15 is 0 Å². The van der Waals surface area contributed by atoms with Crippen LogP contribution in [0.25, 0.3) is 0 Å². The number of carbonyl (C=O) groups is 1. The van der Waals surface area contributed by atoms with Gasteiger partial charge in [-0.05, 0) is 31.0 Å². The number of amides is 1. The highest BCUT2D eigenvalue weighted by Gasteiger charge is 2.25. The highest BCUT2D eigenvalue weighted by molar-refractivity contribution is 9.10. The second-order valence-corrected chi connectivity index (χ2v) is 7.85. The van der Waals surface area contributed by atoms with E-state index in [4.69, 9.17) is 5.73 Å². The standard InChI is InChI=1S/C12H15BrN2O3S/c13-8-1-2-10(11(14)7-8)12(16)15-9-3-5-19(17,18)6-4-9/h1-2,7,9H,3-6,14H2,(H,15,16). The minimum Gasteiger partial charge on any atom is -0.398 e. The third-order valence-corrected chi connectivity index (χ3v) is 5.36. The minimum absolute atomic E-state index is 0.0981. The Kier molecular flexibility index (Phi) is 4.15. The summed E-state index contributed by atoms with van der Waals surface area (Å²) >= 11 is 3.28. The van der Waals surface area contributed by atoms with Crippen LogP contribution in [0.15, 0.2) is 22.7 Å². The molecule has 1 aromatic carbocycles. The molecule has 104 valence electrons. The van der Waals surface area contributed by atoms with Crippen LogP contribution in [0.1, 0.15) is 23.2 Å². The van der Waals surface area contributed by atoms with Crippen LogP contribution in [0.4, 0.5) is 5.69 Å². The average molecular weight is 347 g/mol. The maximum atomic E-state index is 12.1. The number of nitrogen functional groups attached to an aromatic ring is 1. The molecule has 1 saturated heterocycles. The fraction of sp³-hybridized carbons (Fsp3) is 0.417. The Morgan fingerprint density at radius 2 is 1.95 bits per heavy atom. The van der Waals surface area contributed by atoms with Crippen LogP contribution in [-0.2, 0) is 9.84 Å². The first-order valence-corrected chi connectivity index (χ1v) is 8.55. The van der Waals surface area contributed by atoms with E-state index in [9.17, 15) is 13.2 Å². The van der Waals surface area contributed by atoms with Gasteiger partial charge in [-0.3, -0.25) is 4.79 Å². The number of sulfone groups is 1. The average Bonchev–Trinajstić information content (AvgIpc) is 2.31. The van der Waals surface area contributed by atoms with Crippen molar-refractivity contribution in [3.05, 3.63) is 28.2 Å². The van der Waals surface area contributed by atoms with Crippen molar-refractivity contribution in [2.24, 2.45) is 0 Å². The lowest BCUT2D eigenvalue weighted by Gasteiger charge is -2.23. The second-order valence-electron chi connectivity index (χ2n) is 4.63. The predicted molar refractivity (Wildman–Crippen MR) is 77.7 cm³/mol. The summed E-state index contributed by atoms with van der Waals surface area (Å²) in [5.74, 6) is 0.0101. The predicted octanol–water partition coefficient (Wildman–Crippen LogP) is 1.34. The molecule has 0 saturated carbocycles. The fourth-order valence-electron chi connectivity index (χ4n) is 2.04. The van der Waals surface area contributed by atoms with Gasteiger partial charge in [-0.15, -0.1) is 0 Å². The van der Waals surface area contributed by atoms with Gasteiger partial charge < -0.3 is 11.1 Å². The quantitative estimate of drug-likeness (QED) is 0.790. The van der Waals surface area contributed by atoms with Gasteiger partial charge in [0, 0.05) is 16.2 Å². The summed E-state index contributed by atoms with van der Waals surface area (Å²) in [4.78, 5) is 12.1. The van der Waals surface area contributed by atoms with Crippen LogP contribution >= 0.6 is 15.9 Å². The van der Waals surface area contributed by atoms with E-state index in [2.05, 4.69) is 21.2 Å². The van der Waals surface area contributed by atoms with Gasteiger partial charge in [-0.1, -0.05) is 15.9 Å². The molecule has 0 atom stereocenters.